The number of aromatic nitrogens is 1. The Kier molecular flexibility index (Phi) is 4.17. The minimum atomic E-state index is -4.30. The van der Waals surface area contributed by atoms with E-state index in [0.717, 1.165) is 41.2 Å². The predicted octanol–water partition coefficient (Wildman–Crippen LogP) is 4.39. The summed E-state index contributed by atoms with van der Waals surface area (Å²) in [5.74, 6) is 0. The van der Waals surface area contributed by atoms with Gasteiger partial charge in [0, 0.05) is 12.5 Å². The summed E-state index contributed by atoms with van der Waals surface area (Å²) in [6.07, 6.45) is 1.21. The predicted molar refractivity (Wildman–Crippen MR) is 78.6 cm³/mol. The van der Waals surface area contributed by atoms with E-state index in [1.165, 1.54) is 36.7 Å². The molecule has 1 saturated heterocycles. The molecule has 0 bridgehead atoms. The first kappa shape index (κ1) is 14.8. The number of aryl methyl sites for hydroxylation is 1. The number of halogens is 3. The molecule has 3 rings (SSSR count). The normalized spacial score (nSPS) is 20.0. The van der Waals surface area contributed by atoms with Crippen molar-refractivity contribution < 1.29 is 13.2 Å². The molecule has 6 heteroatoms. The standard InChI is InChI=1S/C15H17F3N2S/c16-15(17,18)10-4-6-13-12(9-10)20-14(21-13)7-5-11-3-1-2-8-19-11/h4,6,9,11,19H,1-3,5,7-8H2. The van der Waals surface area contributed by atoms with E-state index in [-0.39, 0.29) is 0 Å². The molecule has 1 aromatic heterocycles. The van der Waals surface area contributed by atoms with Crippen LogP contribution in [0, 0.1) is 0 Å². The Balaban J connectivity index is 1.71. The van der Waals surface area contributed by atoms with E-state index in [2.05, 4.69) is 10.3 Å². The van der Waals surface area contributed by atoms with E-state index in [4.69, 9.17) is 0 Å². The van der Waals surface area contributed by atoms with Gasteiger partial charge in [-0.15, -0.1) is 11.3 Å². The van der Waals surface area contributed by atoms with Crippen molar-refractivity contribution in [2.45, 2.75) is 44.3 Å². The van der Waals surface area contributed by atoms with Gasteiger partial charge in [-0.05, 0) is 44.0 Å². The lowest BCUT2D eigenvalue weighted by Gasteiger charge is -2.22. The second kappa shape index (κ2) is 5.93. The van der Waals surface area contributed by atoms with Gasteiger partial charge in [-0.2, -0.15) is 13.2 Å². The summed E-state index contributed by atoms with van der Waals surface area (Å²) in [7, 11) is 0. The topological polar surface area (TPSA) is 24.9 Å². The van der Waals surface area contributed by atoms with Crippen LogP contribution in [-0.2, 0) is 12.6 Å². The number of nitrogens with zero attached hydrogens (tertiary/aromatic N) is 1. The number of benzene rings is 1. The van der Waals surface area contributed by atoms with Crippen LogP contribution in [0.15, 0.2) is 18.2 Å². The van der Waals surface area contributed by atoms with Crippen molar-refractivity contribution in [2.75, 3.05) is 6.54 Å². The van der Waals surface area contributed by atoms with Crippen LogP contribution >= 0.6 is 11.3 Å². The van der Waals surface area contributed by atoms with Gasteiger partial charge in [0.1, 0.15) is 0 Å². The maximum absolute atomic E-state index is 12.7. The van der Waals surface area contributed by atoms with Gasteiger partial charge < -0.3 is 5.32 Å². The summed E-state index contributed by atoms with van der Waals surface area (Å²) in [5, 5.41) is 4.41. The van der Waals surface area contributed by atoms with Crippen LogP contribution in [0.2, 0.25) is 0 Å². The second-order valence-electron chi connectivity index (χ2n) is 5.47. The van der Waals surface area contributed by atoms with Crippen LogP contribution in [0.1, 0.15) is 36.3 Å². The molecule has 0 saturated carbocycles. The maximum atomic E-state index is 12.7. The molecule has 0 aliphatic carbocycles. The van der Waals surface area contributed by atoms with Crippen LogP contribution in [-0.4, -0.2) is 17.6 Å². The third kappa shape index (κ3) is 3.55. The first-order valence-corrected chi connectivity index (χ1v) is 8.04. The van der Waals surface area contributed by atoms with E-state index in [9.17, 15) is 13.2 Å². The summed E-state index contributed by atoms with van der Waals surface area (Å²) >= 11 is 1.50. The number of hydrogen-bond acceptors (Lipinski definition) is 3. The van der Waals surface area contributed by atoms with E-state index >= 15 is 0 Å². The molecule has 0 radical (unpaired) electrons. The highest BCUT2D eigenvalue weighted by Crippen LogP contribution is 2.33. The third-order valence-electron chi connectivity index (χ3n) is 3.88. The fraction of sp³-hybridized carbons (Fsp3) is 0.533. The number of rotatable bonds is 3. The molecule has 0 spiro atoms. The summed E-state index contributed by atoms with van der Waals surface area (Å²) in [6.45, 7) is 1.07. The van der Waals surface area contributed by atoms with Crippen LogP contribution in [0.4, 0.5) is 13.2 Å². The molecule has 2 heterocycles. The lowest BCUT2D eigenvalue weighted by atomic mass is 10.0. The van der Waals surface area contributed by atoms with Gasteiger partial charge in [0.15, 0.2) is 0 Å². The molecule has 2 aromatic rings. The fourth-order valence-corrected chi connectivity index (χ4v) is 3.69. The van der Waals surface area contributed by atoms with Crippen molar-refractivity contribution in [1.82, 2.24) is 10.3 Å². The molecule has 1 fully saturated rings. The van der Waals surface area contributed by atoms with Crippen molar-refractivity contribution in [3.63, 3.8) is 0 Å². The van der Waals surface area contributed by atoms with Crippen LogP contribution in [0.3, 0.4) is 0 Å². The zero-order valence-electron chi connectivity index (χ0n) is 11.5. The Hall–Kier alpha value is -1.14. The van der Waals surface area contributed by atoms with E-state index in [0.29, 0.717) is 11.6 Å². The van der Waals surface area contributed by atoms with Gasteiger partial charge in [-0.25, -0.2) is 4.98 Å². The van der Waals surface area contributed by atoms with E-state index in [1.807, 2.05) is 0 Å². The molecule has 1 unspecified atom stereocenters. The quantitative estimate of drug-likeness (QED) is 0.909. The van der Waals surface area contributed by atoms with Crippen molar-refractivity contribution in [2.24, 2.45) is 0 Å². The first-order chi connectivity index (χ1) is 10.0. The molecule has 1 N–H and O–H groups in total. The molecule has 114 valence electrons. The lowest BCUT2D eigenvalue weighted by Crippen LogP contribution is -2.34. The molecule has 1 atom stereocenters. The van der Waals surface area contributed by atoms with Crippen LogP contribution < -0.4 is 5.32 Å². The van der Waals surface area contributed by atoms with Gasteiger partial charge >= 0.3 is 6.18 Å². The zero-order valence-corrected chi connectivity index (χ0v) is 12.4. The molecule has 2 nitrogen and oxygen atoms in total. The van der Waals surface area contributed by atoms with Gasteiger partial charge in [-0.3, -0.25) is 0 Å². The Bertz CT molecular complexity index is 615. The monoisotopic (exact) mass is 314 g/mol. The zero-order chi connectivity index (χ0) is 14.9. The number of alkyl halides is 3. The van der Waals surface area contributed by atoms with Crippen LogP contribution in [0.5, 0.6) is 0 Å². The molecule has 0 amide bonds. The summed E-state index contributed by atoms with van der Waals surface area (Å²) in [6, 6.07) is 4.33. The largest absolute Gasteiger partial charge is 0.416 e. The Morgan fingerprint density at radius 1 is 1.29 bits per heavy atom. The number of thiazole rings is 1. The molecular formula is C15H17F3N2S. The SMILES string of the molecule is FC(F)(F)c1ccc2sc(CCC3CCCCN3)nc2c1. The van der Waals surface area contributed by atoms with Gasteiger partial charge in [0.2, 0.25) is 0 Å². The van der Waals surface area contributed by atoms with Crippen molar-refractivity contribution >= 4 is 21.6 Å². The molecular weight excluding hydrogens is 297 g/mol. The highest BCUT2D eigenvalue weighted by molar-refractivity contribution is 7.18. The average molecular weight is 314 g/mol. The fourth-order valence-electron chi connectivity index (χ4n) is 2.73. The average Bonchev–Trinajstić information content (AvgIpc) is 2.87. The number of nitrogens with one attached hydrogen (secondary N) is 1. The Morgan fingerprint density at radius 2 is 2.14 bits per heavy atom. The summed E-state index contributed by atoms with van der Waals surface area (Å²) in [4.78, 5) is 4.36. The summed E-state index contributed by atoms with van der Waals surface area (Å²) < 4.78 is 38.9. The van der Waals surface area contributed by atoms with Crippen molar-refractivity contribution in [3.8, 4) is 0 Å². The Labute approximate surface area is 125 Å². The number of hydrogen-bond donors (Lipinski definition) is 1. The second-order valence-corrected chi connectivity index (χ2v) is 6.59. The van der Waals surface area contributed by atoms with E-state index < -0.39 is 11.7 Å². The van der Waals surface area contributed by atoms with E-state index in [1.54, 1.807) is 0 Å². The number of fused-ring (bicyclic) bond motifs is 1. The lowest BCUT2D eigenvalue weighted by molar-refractivity contribution is -0.137. The molecule has 21 heavy (non-hydrogen) atoms. The molecule has 1 aliphatic heterocycles. The van der Waals surface area contributed by atoms with Gasteiger partial charge in [0.25, 0.3) is 0 Å². The first-order valence-electron chi connectivity index (χ1n) is 7.22. The third-order valence-corrected chi connectivity index (χ3v) is 4.97. The molecule has 1 aromatic carbocycles. The highest BCUT2D eigenvalue weighted by Gasteiger charge is 2.30. The van der Waals surface area contributed by atoms with Crippen LogP contribution in [0.25, 0.3) is 10.2 Å². The molecule has 1 aliphatic rings. The van der Waals surface area contributed by atoms with Gasteiger partial charge in [0.05, 0.1) is 20.8 Å². The van der Waals surface area contributed by atoms with Crippen molar-refractivity contribution in [3.05, 3.63) is 28.8 Å². The maximum Gasteiger partial charge on any atom is 0.416 e. The minimum absolute atomic E-state index is 0.460. The van der Waals surface area contributed by atoms with Crippen molar-refractivity contribution in [1.29, 1.82) is 0 Å². The number of piperidine rings is 1. The Morgan fingerprint density at radius 3 is 2.86 bits per heavy atom. The smallest absolute Gasteiger partial charge is 0.314 e. The summed E-state index contributed by atoms with van der Waals surface area (Å²) in [5.41, 5.74) is -0.165. The highest BCUT2D eigenvalue weighted by atomic mass is 32.1. The minimum Gasteiger partial charge on any atom is -0.314 e. The van der Waals surface area contributed by atoms with Gasteiger partial charge in [-0.1, -0.05) is 6.42 Å².